The van der Waals surface area contributed by atoms with E-state index in [1.54, 1.807) is 14.2 Å². The summed E-state index contributed by atoms with van der Waals surface area (Å²) in [5.41, 5.74) is 7.13. The lowest BCUT2D eigenvalue weighted by atomic mass is 9.73. The maximum absolute atomic E-state index is 5.87. The fourth-order valence-corrected chi connectivity index (χ4v) is 5.06. The lowest BCUT2D eigenvalue weighted by Crippen LogP contribution is -2.15. The number of benzene rings is 3. The maximum Gasteiger partial charge on any atom is 0.231 e. The summed E-state index contributed by atoms with van der Waals surface area (Å²) in [5.74, 6) is 3.44. The van der Waals surface area contributed by atoms with Crippen molar-refractivity contribution in [2.45, 2.75) is 25.2 Å². The molecule has 4 heteroatoms. The van der Waals surface area contributed by atoms with E-state index in [-0.39, 0.29) is 18.6 Å². The van der Waals surface area contributed by atoms with Crippen LogP contribution < -0.4 is 18.9 Å². The molecule has 33 heavy (non-hydrogen) atoms. The van der Waals surface area contributed by atoms with Gasteiger partial charge in [0.15, 0.2) is 23.0 Å². The van der Waals surface area contributed by atoms with Gasteiger partial charge in [-0.3, -0.25) is 0 Å². The molecule has 0 saturated carbocycles. The molecule has 0 saturated heterocycles. The van der Waals surface area contributed by atoms with Gasteiger partial charge in [0.05, 0.1) is 14.2 Å². The standard InChI is InChI=1S/C29H28O4/c1-5-22-28(21(13-19-9-7-6-8-10-19)15-27-29(22)33-17-32-27)23-12-11-20-14-25(30-3)26(31-4)16-24(20)18(23)2/h5-12,14-16,18,23H,1,13,17H2,2-4H3. The van der Waals surface area contributed by atoms with Crippen LogP contribution in [0.15, 0.2) is 61.2 Å². The van der Waals surface area contributed by atoms with E-state index < -0.39 is 0 Å². The van der Waals surface area contributed by atoms with Crippen LogP contribution in [0.1, 0.15) is 52.1 Å². The zero-order valence-electron chi connectivity index (χ0n) is 19.3. The van der Waals surface area contributed by atoms with Crippen molar-refractivity contribution in [3.8, 4) is 23.0 Å². The van der Waals surface area contributed by atoms with E-state index in [4.69, 9.17) is 18.9 Å². The van der Waals surface area contributed by atoms with Crippen molar-refractivity contribution >= 4 is 12.2 Å². The van der Waals surface area contributed by atoms with Crippen LogP contribution in [0.3, 0.4) is 0 Å². The summed E-state index contributed by atoms with van der Waals surface area (Å²) < 4.78 is 22.8. The Bertz CT molecular complexity index is 1230. The van der Waals surface area contributed by atoms with Crippen LogP contribution in [-0.2, 0) is 6.42 Å². The first-order valence-electron chi connectivity index (χ1n) is 11.2. The highest BCUT2D eigenvalue weighted by atomic mass is 16.7. The van der Waals surface area contributed by atoms with Crippen molar-refractivity contribution in [1.82, 2.24) is 0 Å². The minimum Gasteiger partial charge on any atom is -0.493 e. The molecule has 0 N–H and O–H groups in total. The maximum atomic E-state index is 5.87. The van der Waals surface area contributed by atoms with Gasteiger partial charge in [0.1, 0.15) is 0 Å². The number of ether oxygens (including phenoxy) is 4. The number of fused-ring (bicyclic) bond motifs is 2. The molecule has 0 bridgehead atoms. The lowest BCUT2D eigenvalue weighted by Gasteiger charge is -2.31. The van der Waals surface area contributed by atoms with E-state index in [1.807, 2.05) is 12.1 Å². The number of allylic oxidation sites excluding steroid dienone is 1. The molecule has 1 aliphatic carbocycles. The number of hydrogen-bond donors (Lipinski definition) is 0. The van der Waals surface area contributed by atoms with Crippen molar-refractivity contribution < 1.29 is 18.9 Å². The third-order valence-electron chi connectivity index (χ3n) is 6.70. The SMILES string of the molecule is C=Cc1c2c(cc(Cc3ccccc3)c1C1C=Cc3cc(OC)c(OC)cc3C1C)OCO2. The number of hydrogen-bond acceptors (Lipinski definition) is 4. The molecule has 2 atom stereocenters. The van der Waals surface area contributed by atoms with Gasteiger partial charge in [-0.05, 0) is 58.4 Å². The quantitative estimate of drug-likeness (QED) is 0.434. The molecule has 2 unspecified atom stereocenters. The van der Waals surface area contributed by atoms with E-state index in [0.29, 0.717) is 0 Å². The van der Waals surface area contributed by atoms with E-state index in [0.717, 1.165) is 40.5 Å². The van der Waals surface area contributed by atoms with Crippen molar-refractivity contribution in [3.63, 3.8) is 0 Å². The first kappa shape index (κ1) is 21.2. The summed E-state index contributed by atoms with van der Waals surface area (Å²) in [5, 5.41) is 0. The van der Waals surface area contributed by atoms with E-state index >= 15 is 0 Å². The molecular weight excluding hydrogens is 412 g/mol. The van der Waals surface area contributed by atoms with E-state index in [2.05, 4.69) is 68.1 Å². The Morgan fingerprint density at radius 3 is 2.52 bits per heavy atom. The van der Waals surface area contributed by atoms with Crippen molar-refractivity contribution in [1.29, 1.82) is 0 Å². The molecule has 0 spiro atoms. The molecule has 5 rings (SSSR count). The molecule has 4 nitrogen and oxygen atoms in total. The van der Waals surface area contributed by atoms with Crippen molar-refractivity contribution in [3.05, 3.63) is 94.6 Å². The van der Waals surface area contributed by atoms with Crippen molar-refractivity contribution in [2.24, 2.45) is 0 Å². The van der Waals surface area contributed by atoms with Gasteiger partial charge in [0, 0.05) is 11.5 Å². The topological polar surface area (TPSA) is 36.9 Å². The second-order valence-electron chi connectivity index (χ2n) is 8.47. The summed E-state index contributed by atoms with van der Waals surface area (Å²) in [6.07, 6.45) is 7.19. The Kier molecular flexibility index (Phi) is 5.59. The van der Waals surface area contributed by atoms with Crippen LogP contribution >= 0.6 is 0 Å². The first-order chi connectivity index (χ1) is 16.1. The molecule has 168 valence electrons. The van der Waals surface area contributed by atoms with Crippen LogP contribution in [0.25, 0.3) is 12.2 Å². The highest BCUT2D eigenvalue weighted by molar-refractivity contribution is 5.72. The largest absolute Gasteiger partial charge is 0.493 e. The summed E-state index contributed by atoms with van der Waals surface area (Å²) in [4.78, 5) is 0. The van der Waals surface area contributed by atoms with Crippen LogP contribution in [0.4, 0.5) is 0 Å². The van der Waals surface area contributed by atoms with E-state index in [1.165, 1.54) is 22.3 Å². The van der Waals surface area contributed by atoms with Crippen LogP contribution in [0.5, 0.6) is 23.0 Å². The van der Waals surface area contributed by atoms with Crippen LogP contribution in [-0.4, -0.2) is 21.0 Å². The average molecular weight is 441 g/mol. The van der Waals surface area contributed by atoms with Gasteiger partial charge in [-0.15, -0.1) is 0 Å². The summed E-state index contributed by atoms with van der Waals surface area (Å²) in [6.45, 7) is 6.64. The average Bonchev–Trinajstić information content (AvgIpc) is 3.32. The minimum atomic E-state index is 0.150. The molecule has 0 amide bonds. The monoisotopic (exact) mass is 440 g/mol. The molecular formula is C29H28O4. The molecule has 1 aliphatic heterocycles. The lowest BCUT2D eigenvalue weighted by molar-refractivity contribution is 0.173. The molecule has 3 aromatic rings. The molecule has 2 aliphatic rings. The van der Waals surface area contributed by atoms with Gasteiger partial charge in [0.2, 0.25) is 6.79 Å². The Labute approximate surface area is 195 Å². The Hall–Kier alpha value is -3.66. The smallest absolute Gasteiger partial charge is 0.231 e. The molecule has 0 radical (unpaired) electrons. The molecule has 1 heterocycles. The number of methoxy groups -OCH3 is 2. The highest BCUT2D eigenvalue weighted by Gasteiger charge is 2.32. The van der Waals surface area contributed by atoms with Gasteiger partial charge in [0.25, 0.3) is 0 Å². The molecule has 0 aromatic heterocycles. The Morgan fingerprint density at radius 2 is 1.79 bits per heavy atom. The third kappa shape index (κ3) is 3.66. The predicted molar refractivity (Wildman–Crippen MR) is 132 cm³/mol. The molecule has 0 fully saturated rings. The predicted octanol–water partition coefficient (Wildman–Crippen LogP) is 6.58. The first-order valence-corrected chi connectivity index (χ1v) is 11.2. The van der Waals surface area contributed by atoms with E-state index in [9.17, 15) is 0 Å². The normalized spacial score (nSPS) is 18.0. The summed E-state index contributed by atoms with van der Waals surface area (Å²) in [6, 6.07) is 16.8. The minimum absolute atomic E-state index is 0.150. The Morgan fingerprint density at radius 1 is 1.03 bits per heavy atom. The zero-order valence-corrected chi connectivity index (χ0v) is 19.3. The Balaban J connectivity index is 1.66. The second-order valence-corrected chi connectivity index (χ2v) is 8.47. The third-order valence-corrected chi connectivity index (χ3v) is 6.70. The molecule has 3 aromatic carbocycles. The van der Waals surface area contributed by atoms with Gasteiger partial charge in [-0.2, -0.15) is 0 Å². The second kappa shape index (κ2) is 8.70. The summed E-state index contributed by atoms with van der Waals surface area (Å²) in [7, 11) is 3.35. The van der Waals surface area contributed by atoms with Crippen molar-refractivity contribution in [2.75, 3.05) is 21.0 Å². The number of rotatable bonds is 6. The van der Waals surface area contributed by atoms with Gasteiger partial charge in [-0.25, -0.2) is 0 Å². The van der Waals surface area contributed by atoms with Gasteiger partial charge in [-0.1, -0.05) is 62.1 Å². The highest BCUT2D eigenvalue weighted by Crippen LogP contribution is 2.50. The summed E-state index contributed by atoms with van der Waals surface area (Å²) >= 11 is 0. The van der Waals surface area contributed by atoms with Gasteiger partial charge < -0.3 is 18.9 Å². The zero-order chi connectivity index (χ0) is 22.9. The fraction of sp³-hybridized carbons (Fsp3) is 0.241. The van der Waals surface area contributed by atoms with Crippen LogP contribution in [0.2, 0.25) is 0 Å². The van der Waals surface area contributed by atoms with Crippen LogP contribution in [0, 0.1) is 0 Å². The fourth-order valence-electron chi connectivity index (χ4n) is 5.06. The van der Waals surface area contributed by atoms with Gasteiger partial charge >= 0.3 is 0 Å².